The number of hydrogen-bond acceptors (Lipinski definition) is 3. The molecule has 2 nitrogen and oxygen atoms in total. The minimum Gasteiger partial charge on any atom is -0.380 e. The standard InChI is InChI=1S/C14H18N2S/c1-9-6-5-7-13(10(9)2)15-8-14-11(3)16-12(4)17-14/h5-7,15H,8H2,1-4H3. The summed E-state index contributed by atoms with van der Waals surface area (Å²) in [4.78, 5) is 5.76. The minimum atomic E-state index is 0.863. The first-order chi connectivity index (χ1) is 8.08. The molecule has 2 aromatic rings. The van der Waals surface area contributed by atoms with E-state index in [2.05, 4.69) is 56.2 Å². The van der Waals surface area contributed by atoms with Crippen LogP contribution in [0.15, 0.2) is 18.2 Å². The number of aromatic nitrogens is 1. The van der Waals surface area contributed by atoms with Crippen molar-refractivity contribution in [2.45, 2.75) is 34.2 Å². The number of thiazole rings is 1. The molecule has 1 N–H and O–H groups in total. The lowest BCUT2D eigenvalue weighted by atomic mass is 10.1. The van der Waals surface area contributed by atoms with Gasteiger partial charge in [-0.15, -0.1) is 11.3 Å². The number of benzene rings is 1. The Kier molecular flexibility index (Phi) is 3.48. The fourth-order valence-electron chi connectivity index (χ4n) is 1.86. The van der Waals surface area contributed by atoms with Crippen LogP contribution in [-0.2, 0) is 6.54 Å². The zero-order valence-electron chi connectivity index (χ0n) is 10.8. The van der Waals surface area contributed by atoms with E-state index in [9.17, 15) is 0 Å². The molecule has 17 heavy (non-hydrogen) atoms. The van der Waals surface area contributed by atoms with E-state index in [1.165, 1.54) is 21.7 Å². The Bertz CT molecular complexity index is 529. The first-order valence-electron chi connectivity index (χ1n) is 5.81. The Hall–Kier alpha value is -1.35. The summed E-state index contributed by atoms with van der Waals surface area (Å²) in [5.41, 5.74) is 5.01. The third kappa shape index (κ3) is 2.67. The summed E-state index contributed by atoms with van der Waals surface area (Å²) < 4.78 is 0. The minimum absolute atomic E-state index is 0.863. The first-order valence-corrected chi connectivity index (χ1v) is 6.62. The molecule has 1 heterocycles. The fourth-order valence-corrected chi connectivity index (χ4v) is 2.73. The van der Waals surface area contributed by atoms with Crippen LogP contribution in [0.25, 0.3) is 0 Å². The fraction of sp³-hybridized carbons (Fsp3) is 0.357. The van der Waals surface area contributed by atoms with Crippen LogP contribution in [0, 0.1) is 27.7 Å². The van der Waals surface area contributed by atoms with Gasteiger partial charge in [0.2, 0.25) is 0 Å². The van der Waals surface area contributed by atoms with E-state index in [1.807, 2.05) is 0 Å². The Labute approximate surface area is 107 Å². The van der Waals surface area contributed by atoms with Crippen molar-refractivity contribution in [2.24, 2.45) is 0 Å². The smallest absolute Gasteiger partial charge is 0.0900 e. The molecule has 0 radical (unpaired) electrons. The predicted molar refractivity (Wildman–Crippen MR) is 74.8 cm³/mol. The molecule has 0 bridgehead atoms. The van der Waals surface area contributed by atoms with Gasteiger partial charge in [0.05, 0.1) is 17.2 Å². The van der Waals surface area contributed by atoms with Gasteiger partial charge in [0.1, 0.15) is 0 Å². The van der Waals surface area contributed by atoms with Gasteiger partial charge in [0.15, 0.2) is 0 Å². The van der Waals surface area contributed by atoms with Gasteiger partial charge >= 0.3 is 0 Å². The van der Waals surface area contributed by atoms with Crippen LogP contribution in [0.5, 0.6) is 0 Å². The average Bonchev–Trinajstić information content (AvgIpc) is 2.60. The monoisotopic (exact) mass is 246 g/mol. The van der Waals surface area contributed by atoms with Crippen LogP contribution in [0.3, 0.4) is 0 Å². The number of hydrogen-bond donors (Lipinski definition) is 1. The van der Waals surface area contributed by atoms with E-state index in [0.717, 1.165) is 17.2 Å². The Morgan fingerprint density at radius 2 is 1.94 bits per heavy atom. The number of aryl methyl sites for hydroxylation is 3. The normalized spacial score (nSPS) is 10.6. The SMILES string of the molecule is Cc1nc(C)c(CNc2cccc(C)c2C)s1. The highest BCUT2D eigenvalue weighted by molar-refractivity contribution is 7.11. The highest BCUT2D eigenvalue weighted by Gasteiger charge is 2.05. The largest absolute Gasteiger partial charge is 0.380 e. The molecule has 2 rings (SSSR count). The lowest BCUT2D eigenvalue weighted by Gasteiger charge is -2.10. The van der Waals surface area contributed by atoms with Crippen molar-refractivity contribution in [1.29, 1.82) is 0 Å². The van der Waals surface area contributed by atoms with E-state index in [1.54, 1.807) is 11.3 Å². The highest BCUT2D eigenvalue weighted by atomic mass is 32.1. The van der Waals surface area contributed by atoms with E-state index in [-0.39, 0.29) is 0 Å². The second-order valence-electron chi connectivity index (χ2n) is 4.34. The van der Waals surface area contributed by atoms with Crippen LogP contribution in [0.4, 0.5) is 5.69 Å². The van der Waals surface area contributed by atoms with Gasteiger partial charge in [-0.05, 0) is 44.9 Å². The average molecular weight is 246 g/mol. The first kappa shape index (κ1) is 12.1. The van der Waals surface area contributed by atoms with E-state index in [0.29, 0.717) is 0 Å². The van der Waals surface area contributed by atoms with Crippen molar-refractivity contribution in [3.63, 3.8) is 0 Å². The van der Waals surface area contributed by atoms with E-state index < -0.39 is 0 Å². The Morgan fingerprint density at radius 1 is 1.18 bits per heavy atom. The molecule has 0 saturated heterocycles. The molecule has 0 saturated carbocycles. The van der Waals surface area contributed by atoms with Crippen LogP contribution in [0.1, 0.15) is 26.7 Å². The maximum atomic E-state index is 4.44. The number of nitrogens with one attached hydrogen (secondary N) is 1. The van der Waals surface area contributed by atoms with Crippen molar-refractivity contribution in [1.82, 2.24) is 4.98 Å². The highest BCUT2D eigenvalue weighted by Crippen LogP contribution is 2.22. The zero-order chi connectivity index (χ0) is 12.4. The number of rotatable bonds is 3. The van der Waals surface area contributed by atoms with Crippen molar-refractivity contribution in [3.05, 3.63) is 44.9 Å². The van der Waals surface area contributed by atoms with Gasteiger partial charge in [-0.1, -0.05) is 12.1 Å². The van der Waals surface area contributed by atoms with Gasteiger partial charge in [0.25, 0.3) is 0 Å². The van der Waals surface area contributed by atoms with Crippen LogP contribution in [-0.4, -0.2) is 4.98 Å². The molecule has 3 heteroatoms. The third-order valence-corrected chi connectivity index (χ3v) is 4.12. The summed E-state index contributed by atoms with van der Waals surface area (Å²) in [6, 6.07) is 6.36. The topological polar surface area (TPSA) is 24.9 Å². The summed E-state index contributed by atoms with van der Waals surface area (Å²) in [6.45, 7) is 9.29. The summed E-state index contributed by atoms with van der Waals surface area (Å²) in [5, 5.41) is 4.63. The number of nitrogens with zero attached hydrogens (tertiary/aromatic N) is 1. The lowest BCUT2D eigenvalue weighted by molar-refractivity contribution is 1.10. The molecule has 90 valence electrons. The molecular formula is C14H18N2S. The molecule has 0 amide bonds. The maximum absolute atomic E-state index is 4.44. The molecular weight excluding hydrogens is 228 g/mol. The second kappa shape index (κ2) is 4.88. The summed E-state index contributed by atoms with van der Waals surface area (Å²) in [7, 11) is 0. The number of anilines is 1. The molecule has 0 fully saturated rings. The summed E-state index contributed by atoms with van der Waals surface area (Å²) in [5.74, 6) is 0. The predicted octanol–water partition coefficient (Wildman–Crippen LogP) is 3.99. The van der Waals surface area contributed by atoms with Crippen molar-refractivity contribution in [2.75, 3.05) is 5.32 Å². The molecule has 0 spiro atoms. The van der Waals surface area contributed by atoms with Gasteiger partial charge < -0.3 is 5.32 Å². The summed E-state index contributed by atoms with van der Waals surface area (Å²) in [6.07, 6.45) is 0. The lowest BCUT2D eigenvalue weighted by Crippen LogP contribution is -2.01. The van der Waals surface area contributed by atoms with E-state index >= 15 is 0 Å². The molecule has 1 aromatic heterocycles. The van der Waals surface area contributed by atoms with Gasteiger partial charge in [-0.25, -0.2) is 4.98 Å². The molecule has 0 atom stereocenters. The zero-order valence-corrected chi connectivity index (χ0v) is 11.6. The second-order valence-corrected chi connectivity index (χ2v) is 5.63. The Morgan fingerprint density at radius 3 is 2.59 bits per heavy atom. The van der Waals surface area contributed by atoms with Crippen molar-refractivity contribution < 1.29 is 0 Å². The third-order valence-electron chi connectivity index (χ3n) is 3.04. The molecule has 0 aliphatic rings. The summed E-state index contributed by atoms with van der Waals surface area (Å²) >= 11 is 1.77. The van der Waals surface area contributed by atoms with Gasteiger partial charge in [-0.2, -0.15) is 0 Å². The van der Waals surface area contributed by atoms with Crippen molar-refractivity contribution >= 4 is 17.0 Å². The van der Waals surface area contributed by atoms with E-state index in [4.69, 9.17) is 0 Å². The molecule has 1 aromatic carbocycles. The quantitative estimate of drug-likeness (QED) is 0.885. The molecule has 0 unspecified atom stereocenters. The molecule has 0 aliphatic heterocycles. The van der Waals surface area contributed by atoms with Gasteiger partial charge in [0, 0.05) is 10.6 Å². The maximum Gasteiger partial charge on any atom is 0.0900 e. The van der Waals surface area contributed by atoms with Crippen LogP contribution in [0.2, 0.25) is 0 Å². The Balaban J connectivity index is 2.12. The van der Waals surface area contributed by atoms with Gasteiger partial charge in [-0.3, -0.25) is 0 Å². The van der Waals surface area contributed by atoms with Crippen molar-refractivity contribution in [3.8, 4) is 0 Å². The molecule has 0 aliphatic carbocycles. The van der Waals surface area contributed by atoms with Crippen LogP contribution >= 0.6 is 11.3 Å². The van der Waals surface area contributed by atoms with Crippen LogP contribution < -0.4 is 5.32 Å².